The second-order valence-electron chi connectivity index (χ2n) is 8.36. The van der Waals surface area contributed by atoms with Gasteiger partial charge < -0.3 is 14.5 Å². The van der Waals surface area contributed by atoms with Crippen LogP contribution in [0.1, 0.15) is 28.7 Å². The van der Waals surface area contributed by atoms with Crippen LogP contribution >= 0.6 is 11.8 Å². The van der Waals surface area contributed by atoms with Crippen molar-refractivity contribution in [2.45, 2.75) is 25.7 Å². The lowest BCUT2D eigenvalue weighted by Gasteiger charge is -2.13. The summed E-state index contributed by atoms with van der Waals surface area (Å²) in [4.78, 5) is 39.1. The Morgan fingerprint density at radius 1 is 1.18 bits per heavy atom. The van der Waals surface area contributed by atoms with Crippen LogP contribution in [0.4, 0.5) is 4.79 Å². The van der Waals surface area contributed by atoms with Crippen LogP contribution in [0.5, 0.6) is 5.75 Å². The minimum absolute atomic E-state index is 0.121. The molecule has 0 atom stereocenters. The highest BCUT2D eigenvalue weighted by atomic mass is 32.2. The van der Waals surface area contributed by atoms with Crippen molar-refractivity contribution in [3.8, 4) is 5.75 Å². The molecule has 5 rings (SSSR count). The number of nitrogens with zero attached hydrogens (tertiary/aromatic N) is 1. The second kappa shape index (κ2) is 9.38. The molecule has 1 N–H and O–H groups in total. The zero-order valence-corrected chi connectivity index (χ0v) is 19.6. The number of rotatable bonds is 7. The van der Waals surface area contributed by atoms with Crippen LogP contribution < -0.4 is 10.1 Å². The first-order valence-electron chi connectivity index (χ1n) is 11.2. The molecular formula is C26H24N2O5S. The van der Waals surface area contributed by atoms with Gasteiger partial charge in [0.15, 0.2) is 0 Å². The first-order valence-corrected chi connectivity index (χ1v) is 12.0. The van der Waals surface area contributed by atoms with Crippen molar-refractivity contribution in [1.29, 1.82) is 0 Å². The Bertz CT molecular complexity index is 1310. The molecule has 1 fully saturated rings. The number of methoxy groups -OCH3 is 1. The van der Waals surface area contributed by atoms with Crippen molar-refractivity contribution in [2.24, 2.45) is 0 Å². The van der Waals surface area contributed by atoms with Gasteiger partial charge in [-0.25, -0.2) is 0 Å². The maximum atomic E-state index is 12.7. The lowest BCUT2D eigenvalue weighted by Crippen LogP contribution is -2.37. The number of hydrogen-bond acceptors (Lipinski definition) is 6. The van der Waals surface area contributed by atoms with E-state index >= 15 is 0 Å². The molecular weight excluding hydrogens is 452 g/mol. The number of hydrogen-bond donors (Lipinski definition) is 1. The van der Waals surface area contributed by atoms with Gasteiger partial charge in [-0.3, -0.25) is 19.3 Å². The quantitative estimate of drug-likeness (QED) is 0.511. The highest BCUT2D eigenvalue weighted by molar-refractivity contribution is 8.18. The van der Waals surface area contributed by atoms with E-state index < -0.39 is 0 Å². The topological polar surface area (TPSA) is 88.8 Å². The van der Waals surface area contributed by atoms with E-state index in [4.69, 9.17) is 9.15 Å². The van der Waals surface area contributed by atoms with E-state index in [9.17, 15) is 14.4 Å². The molecule has 2 aromatic carbocycles. The molecule has 8 heteroatoms. The van der Waals surface area contributed by atoms with E-state index in [1.807, 2.05) is 12.1 Å². The van der Waals surface area contributed by atoms with Gasteiger partial charge in [0.2, 0.25) is 5.91 Å². The zero-order valence-electron chi connectivity index (χ0n) is 18.8. The van der Waals surface area contributed by atoms with E-state index in [2.05, 4.69) is 17.4 Å². The van der Waals surface area contributed by atoms with Gasteiger partial charge in [-0.1, -0.05) is 12.1 Å². The average Bonchev–Trinajstić information content (AvgIpc) is 3.52. The Labute approximate surface area is 201 Å². The molecule has 34 heavy (non-hydrogen) atoms. The highest BCUT2D eigenvalue weighted by Gasteiger charge is 2.34. The van der Waals surface area contributed by atoms with Gasteiger partial charge in [-0.2, -0.15) is 0 Å². The van der Waals surface area contributed by atoms with Crippen LogP contribution in [0.15, 0.2) is 52.0 Å². The molecule has 3 amide bonds. The summed E-state index contributed by atoms with van der Waals surface area (Å²) in [6.45, 7) is 0.313. The second-order valence-corrected chi connectivity index (χ2v) is 9.36. The molecule has 1 saturated heterocycles. The number of imide groups is 1. The number of amides is 3. The first-order chi connectivity index (χ1) is 16.5. The minimum Gasteiger partial charge on any atom is -0.497 e. The van der Waals surface area contributed by atoms with Gasteiger partial charge in [0.05, 0.1) is 24.7 Å². The molecule has 1 aliphatic heterocycles. The molecule has 0 unspecified atom stereocenters. The minimum atomic E-state index is -0.352. The summed E-state index contributed by atoms with van der Waals surface area (Å²) in [6.07, 6.45) is 6.80. The highest BCUT2D eigenvalue weighted by Crippen LogP contribution is 2.32. The number of aryl methyl sites for hydroxylation is 2. The fraction of sp³-hybridized carbons (Fsp3) is 0.269. The lowest BCUT2D eigenvalue weighted by molar-refractivity contribution is -0.124. The third kappa shape index (κ3) is 4.46. The van der Waals surface area contributed by atoms with Crippen molar-refractivity contribution in [3.05, 3.63) is 69.8 Å². The molecule has 0 saturated carbocycles. The molecule has 2 heterocycles. The maximum Gasteiger partial charge on any atom is 0.293 e. The van der Waals surface area contributed by atoms with Crippen molar-refractivity contribution in [3.63, 3.8) is 0 Å². The summed E-state index contributed by atoms with van der Waals surface area (Å²) >= 11 is 0.902. The number of benzene rings is 2. The first kappa shape index (κ1) is 22.3. The van der Waals surface area contributed by atoms with Crippen molar-refractivity contribution < 1.29 is 23.5 Å². The third-order valence-corrected chi connectivity index (χ3v) is 7.07. The summed E-state index contributed by atoms with van der Waals surface area (Å²) in [5, 5.41) is 3.45. The monoisotopic (exact) mass is 476 g/mol. The van der Waals surface area contributed by atoms with Crippen molar-refractivity contribution in [2.75, 3.05) is 20.2 Å². The molecule has 2 aliphatic rings. The predicted octanol–water partition coefficient (Wildman–Crippen LogP) is 4.33. The zero-order chi connectivity index (χ0) is 23.7. The number of nitrogens with one attached hydrogen (secondary N) is 1. The van der Waals surface area contributed by atoms with Crippen LogP contribution in [0, 0.1) is 0 Å². The summed E-state index contributed by atoms with van der Waals surface area (Å²) in [6, 6.07) is 11.4. The Morgan fingerprint density at radius 3 is 2.71 bits per heavy atom. The van der Waals surface area contributed by atoms with Crippen LogP contribution in [-0.2, 0) is 28.9 Å². The Hall–Kier alpha value is -3.52. The Kier molecular flexibility index (Phi) is 6.15. The van der Waals surface area contributed by atoms with Gasteiger partial charge in [0.25, 0.3) is 11.1 Å². The molecule has 1 aromatic heterocycles. The van der Waals surface area contributed by atoms with Gasteiger partial charge >= 0.3 is 0 Å². The van der Waals surface area contributed by atoms with E-state index in [1.165, 1.54) is 11.1 Å². The third-order valence-electron chi connectivity index (χ3n) is 6.16. The number of carbonyl (C=O) groups excluding carboxylic acids is 3. The predicted molar refractivity (Wildman–Crippen MR) is 131 cm³/mol. The molecule has 3 aromatic rings. The molecule has 0 bridgehead atoms. The summed E-state index contributed by atoms with van der Waals surface area (Å²) < 4.78 is 10.8. The Balaban J connectivity index is 1.17. The maximum absolute atomic E-state index is 12.7. The SMILES string of the molecule is COc1ccc(/C=C2/SC(=O)N(CCNC(=O)Cc3coc4cc5c(cc34)CCC5)C2=O)cc1. The van der Waals surface area contributed by atoms with Crippen LogP contribution in [-0.4, -0.2) is 42.2 Å². The number of furan rings is 1. The van der Waals surface area contributed by atoms with Crippen LogP contribution in [0.25, 0.3) is 17.0 Å². The molecule has 174 valence electrons. The van der Waals surface area contributed by atoms with E-state index in [0.29, 0.717) is 10.7 Å². The standard InChI is InChI=1S/C26H24N2O5S/c1-32-20-7-5-16(6-8-20)11-23-25(30)28(26(31)34-23)10-9-27-24(29)14-19-15-33-22-13-18-4-2-3-17(18)12-21(19)22/h5-8,11-13,15H,2-4,9-10,14H2,1H3,(H,27,29)/b23-11+. The smallest absolute Gasteiger partial charge is 0.293 e. The van der Waals surface area contributed by atoms with Gasteiger partial charge in [-0.05, 0) is 78.1 Å². The van der Waals surface area contributed by atoms with Crippen molar-refractivity contribution in [1.82, 2.24) is 10.2 Å². The largest absolute Gasteiger partial charge is 0.497 e. The van der Waals surface area contributed by atoms with E-state index in [0.717, 1.165) is 58.0 Å². The molecule has 0 spiro atoms. The normalized spacial score (nSPS) is 16.5. The fourth-order valence-corrected chi connectivity index (χ4v) is 5.24. The fourth-order valence-electron chi connectivity index (χ4n) is 4.37. The summed E-state index contributed by atoms with van der Waals surface area (Å²) in [5.74, 6) is 0.187. The van der Waals surface area contributed by atoms with Crippen molar-refractivity contribution >= 4 is 45.9 Å². The van der Waals surface area contributed by atoms with Crippen LogP contribution in [0.2, 0.25) is 0 Å². The summed E-state index contributed by atoms with van der Waals surface area (Å²) in [5.41, 5.74) is 5.12. The van der Waals surface area contributed by atoms with Gasteiger partial charge in [-0.15, -0.1) is 0 Å². The number of fused-ring (bicyclic) bond motifs is 2. The Morgan fingerprint density at radius 2 is 1.94 bits per heavy atom. The summed E-state index contributed by atoms with van der Waals surface area (Å²) in [7, 11) is 1.59. The number of carbonyl (C=O) groups is 3. The van der Waals surface area contributed by atoms with Gasteiger partial charge in [0, 0.05) is 24.0 Å². The number of ether oxygens (including phenoxy) is 1. The van der Waals surface area contributed by atoms with Crippen LogP contribution in [0.3, 0.4) is 0 Å². The average molecular weight is 477 g/mol. The molecule has 0 radical (unpaired) electrons. The number of thioether (sulfide) groups is 1. The van der Waals surface area contributed by atoms with E-state index in [1.54, 1.807) is 31.6 Å². The van der Waals surface area contributed by atoms with E-state index in [-0.39, 0.29) is 36.6 Å². The molecule has 1 aliphatic carbocycles. The van der Waals surface area contributed by atoms with Gasteiger partial charge in [0.1, 0.15) is 11.3 Å². The molecule has 7 nitrogen and oxygen atoms in total. The lowest BCUT2D eigenvalue weighted by atomic mass is 10.0.